The quantitative estimate of drug-likeness (QED) is 0.899. The molecule has 2 aromatic rings. The van der Waals surface area contributed by atoms with Gasteiger partial charge < -0.3 is 10.6 Å². The predicted octanol–water partition coefficient (Wildman–Crippen LogP) is 3.49. The number of benzene rings is 1. The van der Waals surface area contributed by atoms with E-state index in [0.717, 1.165) is 13.1 Å². The van der Waals surface area contributed by atoms with Gasteiger partial charge in [0.25, 0.3) is 0 Å². The lowest BCUT2D eigenvalue weighted by Gasteiger charge is -2.18. The molecular weight excluding hydrogens is 254 g/mol. The van der Waals surface area contributed by atoms with Crippen LogP contribution in [0.4, 0.5) is 5.69 Å². The van der Waals surface area contributed by atoms with Gasteiger partial charge in [-0.3, -0.25) is 0 Å². The number of rotatable bonds is 3. The number of para-hydroxylation sites is 1. The lowest BCUT2D eigenvalue weighted by molar-refractivity contribution is 0.497. The van der Waals surface area contributed by atoms with E-state index in [2.05, 4.69) is 46.8 Å². The lowest BCUT2D eigenvalue weighted by Crippen LogP contribution is -2.20. The number of thiazole rings is 1. The molecule has 1 aliphatic rings. The highest BCUT2D eigenvalue weighted by molar-refractivity contribution is 7.11. The molecule has 0 saturated carbocycles. The smallest absolute Gasteiger partial charge is 0.107 e. The van der Waals surface area contributed by atoms with Gasteiger partial charge in [-0.15, -0.1) is 11.3 Å². The molecule has 4 heteroatoms. The number of aryl methyl sites for hydroxylation is 1. The summed E-state index contributed by atoms with van der Waals surface area (Å²) in [5, 5.41) is 8.33. The van der Waals surface area contributed by atoms with Crippen LogP contribution in [0.1, 0.15) is 34.3 Å². The molecule has 0 fully saturated rings. The highest BCUT2D eigenvalue weighted by atomic mass is 32.1. The molecule has 1 aromatic heterocycles. The Morgan fingerprint density at radius 3 is 3.16 bits per heavy atom. The van der Waals surface area contributed by atoms with Crippen molar-refractivity contribution in [1.29, 1.82) is 0 Å². The van der Waals surface area contributed by atoms with Gasteiger partial charge >= 0.3 is 0 Å². The fourth-order valence-electron chi connectivity index (χ4n) is 2.55. The second kappa shape index (κ2) is 5.72. The van der Waals surface area contributed by atoms with Crippen molar-refractivity contribution in [1.82, 2.24) is 10.3 Å². The zero-order valence-electron chi connectivity index (χ0n) is 11.1. The van der Waals surface area contributed by atoms with Crippen molar-refractivity contribution in [3.8, 4) is 0 Å². The Morgan fingerprint density at radius 2 is 2.32 bits per heavy atom. The van der Waals surface area contributed by atoms with Gasteiger partial charge in [-0.25, -0.2) is 4.98 Å². The van der Waals surface area contributed by atoms with E-state index in [4.69, 9.17) is 0 Å². The summed E-state index contributed by atoms with van der Waals surface area (Å²) in [4.78, 5) is 5.70. The second-order valence-corrected chi connectivity index (χ2v) is 6.27. The van der Waals surface area contributed by atoms with Crippen LogP contribution in [0.5, 0.6) is 0 Å². The summed E-state index contributed by atoms with van der Waals surface area (Å²) >= 11 is 1.77. The molecule has 0 amide bonds. The van der Waals surface area contributed by atoms with E-state index in [1.54, 1.807) is 11.3 Å². The molecule has 1 aromatic carbocycles. The van der Waals surface area contributed by atoms with E-state index in [1.165, 1.54) is 34.0 Å². The number of aromatic nitrogens is 1. The number of fused-ring (bicyclic) bond motifs is 1. The van der Waals surface area contributed by atoms with Gasteiger partial charge in [0.05, 0.1) is 0 Å². The molecule has 19 heavy (non-hydrogen) atoms. The summed E-state index contributed by atoms with van der Waals surface area (Å²) in [7, 11) is 0. The number of anilines is 1. The molecule has 0 aliphatic carbocycles. The van der Waals surface area contributed by atoms with Crippen molar-refractivity contribution in [3.63, 3.8) is 0 Å². The van der Waals surface area contributed by atoms with Gasteiger partial charge in [-0.1, -0.05) is 18.2 Å². The van der Waals surface area contributed by atoms with Crippen LogP contribution in [-0.2, 0) is 6.54 Å². The zero-order valence-corrected chi connectivity index (χ0v) is 12.0. The molecule has 0 saturated heterocycles. The normalized spacial score (nSPS) is 18.5. The molecule has 0 bridgehead atoms. The Hall–Kier alpha value is -1.39. The van der Waals surface area contributed by atoms with Crippen LogP contribution >= 0.6 is 11.3 Å². The monoisotopic (exact) mass is 273 g/mol. The maximum Gasteiger partial charge on any atom is 0.107 e. The highest BCUT2D eigenvalue weighted by Gasteiger charge is 2.17. The molecule has 1 atom stereocenters. The van der Waals surface area contributed by atoms with Crippen LogP contribution < -0.4 is 10.6 Å². The first-order valence-corrected chi connectivity index (χ1v) is 7.62. The van der Waals surface area contributed by atoms with E-state index < -0.39 is 0 Å². The summed E-state index contributed by atoms with van der Waals surface area (Å²) in [5.74, 6) is 0. The zero-order chi connectivity index (χ0) is 13.1. The summed E-state index contributed by atoms with van der Waals surface area (Å²) < 4.78 is 0. The minimum Gasteiger partial charge on any atom is -0.385 e. The highest BCUT2D eigenvalue weighted by Crippen LogP contribution is 2.29. The molecule has 0 spiro atoms. The van der Waals surface area contributed by atoms with E-state index in [1.807, 2.05) is 6.20 Å². The second-order valence-electron chi connectivity index (χ2n) is 4.95. The molecular formula is C15H19N3S. The van der Waals surface area contributed by atoms with Crippen LogP contribution in [0.2, 0.25) is 0 Å². The molecule has 3 rings (SSSR count). The number of hydrogen-bond donors (Lipinski definition) is 2. The van der Waals surface area contributed by atoms with Crippen LogP contribution in [0, 0.1) is 6.92 Å². The van der Waals surface area contributed by atoms with Crippen molar-refractivity contribution in [3.05, 3.63) is 45.9 Å². The molecule has 0 unspecified atom stereocenters. The van der Waals surface area contributed by atoms with Crippen LogP contribution in [0.3, 0.4) is 0 Å². The lowest BCUT2D eigenvalue weighted by atomic mass is 10.0. The number of nitrogens with one attached hydrogen (secondary N) is 2. The molecule has 1 aliphatic heterocycles. The van der Waals surface area contributed by atoms with Crippen LogP contribution in [0.25, 0.3) is 0 Å². The maximum absolute atomic E-state index is 4.42. The third kappa shape index (κ3) is 2.96. The standard InChI is InChI=1S/C15H19N3S/c1-11-9-18-15(19-11)10-17-14-7-4-8-16-13-6-3-2-5-12(13)14/h2-3,5-6,9,14,16-17H,4,7-8,10H2,1H3/t14-/m0/s1. The SMILES string of the molecule is Cc1cnc(CN[C@H]2CCCNc3ccccc32)s1. The fraction of sp³-hybridized carbons (Fsp3) is 0.400. The van der Waals surface area contributed by atoms with Crippen molar-refractivity contribution in [2.75, 3.05) is 11.9 Å². The predicted molar refractivity (Wildman–Crippen MR) is 80.6 cm³/mol. The Bertz CT molecular complexity index is 550. The van der Waals surface area contributed by atoms with Gasteiger partial charge in [0, 0.05) is 35.9 Å². The third-order valence-corrected chi connectivity index (χ3v) is 4.40. The van der Waals surface area contributed by atoms with Crippen LogP contribution in [0.15, 0.2) is 30.5 Å². The summed E-state index contributed by atoms with van der Waals surface area (Å²) in [6.45, 7) is 4.02. The minimum absolute atomic E-state index is 0.426. The van der Waals surface area contributed by atoms with Gasteiger partial charge in [-0.2, -0.15) is 0 Å². The van der Waals surface area contributed by atoms with Crippen molar-refractivity contribution in [2.45, 2.75) is 32.4 Å². The minimum atomic E-state index is 0.426. The summed E-state index contributed by atoms with van der Waals surface area (Å²) in [6, 6.07) is 9.03. The van der Waals surface area contributed by atoms with E-state index >= 15 is 0 Å². The van der Waals surface area contributed by atoms with Crippen molar-refractivity contribution in [2.24, 2.45) is 0 Å². The Kier molecular flexibility index (Phi) is 3.80. The van der Waals surface area contributed by atoms with E-state index in [0.29, 0.717) is 6.04 Å². The number of hydrogen-bond acceptors (Lipinski definition) is 4. The molecule has 100 valence electrons. The molecule has 3 nitrogen and oxygen atoms in total. The van der Waals surface area contributed by atoms with Crippen molar-refractivity contribution < 1.29 is 0 Å². The average Bonchev–Trinajstić information content (AvgIpc) is 2.73. The fourth-order valence-corrected chi connectivity index (χ4v) is 3.29. The molecule has 2 heterocycles. The largest absolute Gasteiger partial charge is 0.385 e. The van der Waals surface area contributed by atoms with Gasteiger partial charge in [0.15, 0.2) is 0 Å². The first kappa shape index (κ1) is 12.6. The Morgan fingerprint density at radius 1 is 1.42 bits per heavy atom. The Balaban J connectivity index is 1.73. The maximum atomic E-state index is 4.42. The summed E-state index contributed by atoms with van der Waals surface area (Å²) in [5.41, 5.74) is 2.65. The molecule has 0 radical (unpaired) electrons. The third-order valence-electron chi connectivity index (χ3n) is 3.49. The first-order valence-electron chi connectivity index (χ1n) is 6.80. The summed E-state index contributed by atoms with van der Waals surface area (Å²) in [6.07, 6.45) is 4.32. The van der Waals surface area contributed by atoms with Crippen molar-refractivity contribution >= 4 is 17.0 Å². The first-order chi connectivity index (χ1) is 9.33. The Labute approximate surface area is 118 Å². The van der Waals surface area contributed by atoms with Gasteiger partial charge in [-0.05, 0) is 31.4 Å². The van der Waals surface area contributed by atoms with Crippen LogP contribution in [-0.4, -0.2) is 11.5 Å². The van der Waals surface area contributed by atoms with Gasteiger partial charge in [0.2, 0.25) is 0 Å². The van der Waals surface area contributed by atoms with E-state index in [-0.39, 0.29) is 0 Å². The number of nitrogens with zero attached hydrogens (tertiary/aromatic N) is 1. The van der Waals surface area contributed by atoms with Gasteiger partial charge in [0.1, 0.15) is 5.01 Å². The topological polar surface area (TPSA) is 37.0 Å². The average molecular weight is 273 g/mol. The van der Waals surface area contributed by atoms with E-state index in [9.17, 15) is 0 Å². The molecule has 2 N–H and O–H groups in total.